The van der Waals surface area contributed by atoms with Gasteiger partial charge in [-0.1, -0.05) is 52.8 Å². The molecule has 0 aliphatic heterocycles. The van der Waals surface area contributed by atoms with Crippen molar-refractivity contribution >= 4 is 40.3 Å². The summed E-state index contributed by atoms with van der Waals surface area (Å²) in [7, 11) is 0. The molecule has 4 amide bonds. The minimum atomic E-state index is -1.03. The number of hydrogen-bond donors (Lipinski definition) is 4. The molecule has 0 bridgehead atoms. The van der Waals surface area contributed by atoms with E-state index in [-0.39, 0.29) is 12.0 Å². The van der Waals surface area contributed by atoms with E-state index in [1.807, 2.05) is 6.07 Å². The highest BCUT2D eigenvalue weighted by Crippen LogP contribution is 2.22. The Morgan fingerprint density at radius 1 is 0.895 bits per heavy atom. The topological polar surface area (TPSA) is 146 Å². The zero-order valence-corrected chi connectivity index (χ0v) is 22.8. The molecule has 10 nitrogen and oxygen atoms in total. The highest BCUT2D eigenvalue weighted by Gasteiger charge is 2.37. The van der Waals surface area contributed by atoms with Gasteiger partial charge >= 0.3 is 0 Å². The number of para-hydroxylation sites is 1. The molecule has 3 atom stereocenters. The first-order valence-corrected chi connectivity index (χ1v) is 12.9. The van der Waals surface area contributed by atoms with Crippen molar-refractivity contribution in [3.8, 4) is 0 Å². The minimum absolute atomic E-state index is 0.0165. The summed E-state index contributed by atoms with van der Waals surface area (Å²) in [6.07, 6.45) is 3.21. The van der Waals surface area contributed by atoms with Crippen molar-refractivity contribution < 1.29 is 24.0 Å². The third kappa shape index (κ3) is 7.14. The van der Waals surface area contributed by atoms with E-state index >= 15 is 0 Å². The zero-order chi connectivity index (χ0) is 28.2. The van der Waals surface area contributed by atoms with Gasteiger partial charge in [0.1, 0.15) is 12.1 Å². The molecule has 1 aromatic carbocycles. The molecule has 1 aliphatic rings. The minimum Gasteiger partial charge on any atom is -0.347 e. The molecule has 204 valence electrons. The summed E-state index contributed by atoms with van der Waals surface area (Å²) in [5, 5.41) is 11.4. The van der Waals surface area contributed by atoms with Crippen molar-refractivity contribution in [2.24, 2.45) is 11.3 Å². The molecular weight excluding hydrogens is 486 g/mol. The van der Waals surface area contributed by atoms with Gasteiger partial charge in [-0.15, -0.1) is 0 Å². The summed E-state index contributed by atoms with van der Waals surface area (Å²) < 4.78 is 0. The van der Waals surface area contributed by atoms with Crippen molar-refractivity contribution in [3.63, 3.8) is 0 Å². The molecule has 38 heavy (non-hydrogen) atoms. The Morgan fingerprint density at radius 3 is 2.16 bits per heavy atom. The van der Waals surface area contributed by atoms with Crippen molar-refractivity contribution in [1.29, 1.82) is 0 Å². The first-order chi connectivity index (χ1) is 17.8. The van der Waals surface area contributed by atoms with Crippen LogP contribution in [0.2, 0.25) is 0 Å². The molecule has 1 saturated carbocycles. The molecule has 1 aromatic heterocycles. The van der Waals surface area contributed by atoms with Crippen LogP contribution < -0.4 is 21.3 Å². The van der Waals surface area contributed by atoms with Gasteiger partial charge in [0.15, 0.2) is 0 Å². The fourth-order valence-electron chi connectivity index (χ4n) is 3.98. The van der Waals surface area contributed by atoms with Crippen LogP contribution in [0, 0.1) is 11.3 Å². The van der Waals surface area contributed by atoms with Crippen LogP contribution in [0.5, 0.6) is 0 Å². The first-order valence-electron chi connectivity index (χ1n) is 12.9. The van der Waals surface area contributed by atoms with Gasteiger partial charge in [0.25, 0.3) is 11.8 Å². The summed E-state index contributed by atoms with van der Waals surface area (Å²) in [4.78, 5) is 68.6. The van der Waals surface area contributed by atoms with E-state index in [9.17, 15) is 24.0 Å². The van der Waals surface area contributed by atoms with Crippen LogP contribution in [0.1, 0.15) is 64.7 Å². The van der Waals surface area contributed by atoms with Crippen molar-refractivity contribution in [3.05, 3.63) is 42.1 Å². The molecule has 0 unspecified atom stereocenters. The van der Waals surface area contributed by atoms with Crippen molar-refractivity contribution in [1.82, 2.24) is 26.3 Å². The Morgan fingerprint density at radius 2 is 1.55 bits per heavy atom. The maximum Gasteiger partial charge on any atom is 0.289 e. The van der Waals surface area contributed by atoms with Crippen LogP contribution in [0.3, 0.4) is 0 Å². The zero-order valence-electron chi connectivity index (χ0n) is 22.8. The summed E-state index contributed by atoms with van der Waals surface area (Å²) in [6, 6.07) is 5.80. The quantitative estimate of drug-likeness (QED) is 0.350. The van der Waals surface area contributed by atoms with Gasteiger partial charge in [0.2, 0.25) is 17.6 Å². The number of nitrogens with zero attached hydrogens (tertiary/aromatic N) is 1. The largest absolute Gasteiger partial charge is 0.347 e. The summed E-state index contributed by atoms with van der Waals surface area (Å²) >= 11 is 0. The number of nitrogens with one attached hydrogen (secondary N) is 4. The van der Waals surface area contributed by atoms with Crippen LogP contribution in [0.4, 0.5) is 0 Å². The van der Waals surface area contributed by atoms with Gasteiger partial charge in [-0.3, -0.25) is 29.0 Å². The molecule has 3 rings (SSSR count). The fraction of sp³-hybridized carbons (Fsp3) is 0.500. The van der Waals surface area contributed by atoms with Crippen LogP contribution >= 0.6 is 0 Å². The molecule has 1 aliphatic carbocycles. The lowest BCUT2D eigenvalue weighted by Crippen LogP contribution is -2.59. The smallest absolute Gasteiger partial charge is 0.289 e. The lowest BCUT2D eigenvalue weighted by atomic mass is 9.85. The molecule has 0 radical (unpaired) electrons. The summed E-state index contributed by atoms with van der Waals surface area (Å²) in [6.45, 7) is 10.3. The third-order valence-electron chi connectivity index (χ3n) is 6.43. The Bertz CT molecular complexity index is 1230. The van der Waals surface area contributed by atoms with Gasteiger partial charge in [0, 0.05) is 17.6 Å². The number of aromatic nitrogens is 1. The van der Waals surface area contributed by atoms with Crippen LogP contribution in [-0.2, 0) is 19.2 Å². The van der Waals surface area contributed by atoms with E-state index in [0.717, 1.165) is 12.8 Å². The second-order valence-corrected chi connectivity index (χ2v) is 11.2. The highest BCUT2D eigenvalue weighted by molar-refractivity contribution is 6.38. The van der Waals surface area contributed by atoms with Crippen molar-refractivity contribution in [2.45, 2.75) is 78.6 Å². The van der Waals surface area contributed by atoms with E-state index in [4.69, 9.17) is 0 Å². The summed E-state index contributed by atoms with van der Waals surface area (Å²) in [5.74, 6) is -3.38. The van der Waals surface area contributed by atoms with Crippen LogP contribution in [0.15, 0.2) is 36.5 Å². The maximum absolute atomic E-state index is 13.3. The maximum atomic E-state index is 13.3. The normalized spacial score (nSPS) is 15.8. The Hall–Kier alpha value is -3.82. The monoisotopic (exact) mass is 523 g/mol. The third-order valence-corrected chi connectivity index (χ3v) is 6.43. The fourth-order valence-corrected chi connectivity index (χ4v) is 3.98. The predicted molar refractivity (Wildman–Crippen MR) is 143 cm³/mol. The number of amides is 4. The number of ketones is 1. The number of carbonyl (C=O) groups excluding carboxylic acids is 5. The van der Waals surface area contributed by atoms with Crippen LogP contribution in [0.25, 0.3) is 10.9 Å². The molecule has 10 heteroatoms. The number of rotatable bonds is 10. The second kappa shape index (κ2) is 11.7. The molecular formula is C28H37N5O5. The number of pyridine rings is 1. The van der Waals surface area contributed by atoms with Gasteiger partial charge in [-0.2, -0.15) is 0 Å². The summed E-state index contributed by atoms with van der Waals surface area (Å²) in [5.41, 5.74) is 0.351. The van der Waals surface area contributed by atoms with E-state index in [1.165, 1.54) is 13.1 Å². The standard InChI is InChI=1S/C28H37N5O5/c1-15(2)21(22(34)26(37)31-17-11-12-17)32-24(35)16(3)30-27(38)23(28(4,5)6)33-25(36)19-13-14-29-20-10-8-7-9-18(19)20/h7-10,13-17,21,23H,11-12H2,1-6H3,(H,30,38)(H,31,37)(H,32,35)(H,33,36)/t16-,21-,23+/m0/s1. The molecule has 1 fully saturated rings. The Balaban J connectivity index is 1.69. The number of Topliss-reactive ketones (excluding diaryl/α,β-unsaturated/α-hetero) is 1. The second-order valence-electron chi connectivity index (χ2n) is 11.2. The van der Waals surface area contributed by atoms with Gasteiger partial charge in [0.05, 0.1) is 17.1 Å². The van der Waals surface area contributed by atoms with E-state index < -0.39 is 53.0 Å². The molecule has 2 aromatic rings. The average molecular weight is 524 g/mol. The first kappa shape index (κ1) is 28.7. The predicted octanol–water partition coefficient (Wildman–Crippen LogP) is 1.87. The van der Waals surface area contributed by atoms with E-state index in [0.29, 0.717) is 16.5 Å². The molecule has 0 saturated heterocycles. The van der Waals surface area contributed by atoms with E-state index in [1.54, 1.807) is 58.9 Å². The van der Waals surface area contributed by atoms with Gasteiger partial charge < -0.3 is 21.3 Å². The van der Waals surface area contributed by atoms with Gasteiger partial charge in [-0.05, 0) is 43.2 Å². The SMILES string of the molecule is CC(C)[C@H](NC(=O)[C@H](C)NC(=O)[C@@H](NC(=O)c1ccnc2ccccc12)C(C)(C)C)C(=O)C(=O)NC1CC1. The molecule has 4 N–H and O–H groups in total. The Labute approximate surface area is 222 Å². The number of fused-ring (bicyclic) bond motifs is 1. The Kier molecular flexibility index (Phi) is 8.85. The average Bonchev–Trinajstić information content (AvgIpc) is 3.67. The molecule has 0 spiro atoms. The number of benzene rings is 1. The van der Waals surface area contributed by atoms with Crippen molar-refractivity contribution in [2.75, 3.05) is 0 Å². The lowest BCUT2D eigenvalue weighted by molar-refractivity contribution is -0.141. The number of hydrogen-bond acceptors (Lipinski definition) is 6. The lowest BCUT2D eigenvalue weighted by Gasteiger charge is -2.31. The van der Waals surface area contributed by atoms with E-state index in [2.05, 4.69) is 26.3 Å². The molecule has 1 heterocycles. The highest BCUT2D eigenvalue weighted by atomic mass is 16.2. The number of carbonyl (C=O) groups is 5. The van der Waals surface area contributed by atoms with Crippen LogP contribution in [-0.4, -0.2) is 58.6 Å². The van der Waals surface area contributed by atoms with Gasteiger partial charge in [-0.25, -0.2) is 0 Å².